The summed E-state index contributed by atoms with van der Waals surface area (Å²) < 4.78 is 0. The molecule has 1 heteroatoms. The van der Waals surface area contributed by atoms with Gasteiger partial charge in [0.25, 0.3) is 0 Å². The van der Waals surface area contributed by atoms with Gasteiger partial charge in [-0.25, -0.2) is 0 Å². The van der Waals surface area contributed by atoms with E-state index in [4.69, 9.17) is 0 Å². The van der Waals surface area contributed by atoms with Gasteiger partial charge in [0.1, 0.15) is 8.07 Å². The van der Waals surface area contributed by atoms with E-state index < -0.39 is 8.07 Å². The van der Waals surface area contributed by atoms with Crippen LogP contribution in [0, 0.1) is 29.2 Å². The predicted molar refractivity (Wildman–Crippen MR) is 64.6 cm³/mol. The molecule has 2 aliphatic rings. The van der Waals surface area contributed by atoms with Gasteiger partial charge in [-0.2, -0.15) is 0 Å². The zero-order chi connectivity index (χ0) is 10.2. The normalized spacial score (nSPS) is 34.4. The summed E-state index contributed by atoms with van der Waals surface area (Å²) in [5.74, 6) is 6.09. The molecule has 1 fully saturated rings. The van der Waals surface area contributed by atoms with Gasteiger partial charge in [0, 0.05) is 6.42 Å². The molecule has 0 spiro atoms. The third-order valence-corrected chi connectivity index (χ3v) is 4.17. The summed E-state index contributed by atoms with van der Waals surface area (Å²) in [5.41, 5.74) is 3.47. The number of hydrogen-bond acceptors (Lipinski definition) is 0. The molecule has 0 radical (unpaired) electrons. The lowest BCUT2D eigenvalue weighted by Gasteiger charge is -2.14. The fourth-order valence-electron chi connectivity index (χ4n) is 2.58. The van der Waals surface area contributed by atoms with Crippen LogP contribution in [0.25, 0.3) is 0 Å². The molecule has 3 atom stereocenters. The number of rotatable bonds is 1. The van der Waals surface area contributed by atoms with Crippen molar-refractivity contribution in [2.75, 3.05) is 0 Å². The van der Waals surface area contributed by atoms with Gasteiger partial charge in [-0.3, -0.25) is 0 Å². The Bertz CT molecular complexity index is 297. The van der Waals surface area contributed by atoms with Crippen LogP contribution in [0.5, 0.6) is 0 Å². The van der Waals surface area contributed by atoms with Gasteiger partial charge in [-0.05, 0) is 30.6 Å². The highest BCUT2D eigenvalue weighted by atomic mass is 28.3. The van der Waals surface area contributed by atoms with Crippen molar-refractivity contribution in [1.29, 1.82) is 0 Å². The quantitative estimate of drug-likeness (QED) is 0.348. The molecule has 1 saturated carbocycles. The van der Waals surface area contributed by atoms with Gasteiger partial charge in [0.15, 0.2) is 0 Å². The molecular formula is C13H20Si. The Kier molecular flexibility index (Phi) is 2.57. The van der Waals surface area contributed by atoms with Gasteiger partial charge in [0.05, 0.1) is 0 Å². The molecule has 0 aromatic rings. The van der Waals surface area contributed by atoms with Crippen LogP contribution in [0.15, 0.2) is 12.2 Å². The Morgan fingerprint density at radius 2 is 2.00 bits per heavy atom. The van der Waals surface area contributed by atoms with Crippen LogP contribution in [-0.4, -0.2) is 8.07 Å². The van der Waals surface area contributed by atoms with E-state index >= 15 is 0 Å². The van der Waals surface area contributed by atoms with Crippen molar-refractivity contribution in [2.45, 2.75) is 38.9 Å². The molecule has 3 unspecified atom stereocenters. The molecule has 14 heavy (non-hydrogen) atoms. The predicted octanol–water partition coefficient (Wildman–Crippen LogP) is 3.47. The SMILES string of the molecule is C[Si](C)(C)C#CCC1CC2C=CC1C2. The first-order valence-corrected chi connectivity index (χ1v) is 9.23. The molecule has 0 nitrogen and oxygen atoms in total. The highest BCUT2D eigenvalue weighted by Gasteiger charge is 2.34. The topological polar surface area (TPSA) is 0 Å². The molecule has 0 N–H and O–H groups in total. The lowest BCUT2D eigenvalue weighted by Crippen LogP contribution is -2.16. The van der Waals surface area contributed by atoms with Gasteiger partial charge >= 0.3 is 0 Å². The Morgan fingerprint density at radius 3 is 2.50 bits per heavy atom. The molecule has 0 amide bonds. The zero-order valence-corrected chi connectivity index (χ0v) is 10.5. The fraction of sp³-hybridized carbons (Fsp3) is 0.692. The maximum absolute atomic E-state index is 3.47. The fourth-order valence-corrected chi connectivity index (χ4v) is 3.21. The van der Waals surface area contributed by atoms with Crippen molar-refractivity contribution >= 4 is 8.07 Å². The average molecular weight is 204 g/mol. The molecule has 2 aliphatic carbocycles. The van der Waals surface area contributed by atoms with Crippen LogP contribution in [-0.2, 0) is 0 Å². The molecule has 0 heterocycles. The maximum Gasteiger partial charge on any atom is 0.129 e. The summed E-state index contributed by atoms with van der Waals surface area (Å²) in [5, 5.41) is 0. The maximum atomic E-state index is 3.47. The first-order chi connectivity index (χ1) is 6.54. The van der Waals surface area contributed by atoms with Crippen LogP contribution in [0.4, 0.5) is 0 Å². The smallest absolute Gasteiger partial charge is 0.129 e. The van der Waals surface area contributed by atoms with Crippen LogP contribution in [0.2, 0.25) is 19.6 Å². The first-order valence-electron chi connectivity index (χ1n) is 5.73. The summed E-state index contributed by atoms with van der Waals surface area (Å²) in [4.78, 5) is 0. The molecule has 2 rings (SSSR count). The molecule has 76 valence electrons. The average Bonchev–Trinajstić information content (AvgIpc) is 2.62. The van der Waals surface area contributed by atoms with Gasteiger partial charge in [-0.1, -0.05) is 31.8 Å². The second kappa shape index (κ2) is 3.59. The number of allylic oxidation sites excluding steroid dienone is 2. The minimum atomic E-state index is -1.13. The third-order valence-electron chi connectivity index (χ3n) is 3.24. The van der Waals surface area contributed by atoms with Crippen molar-refractivity contribution in [3.63, 3.8) is 0 Å². The lowest BCUT2D eigenvalue weighted by molar-refractivity contribution is 0.460. The number of hydrogen-bond donors (Lipinski definition) is 0. The van der Waals surface area contributed by atoms with E-state index in [0.717, 1.165) is 24.2 Å². The Morgan fingerprint density at radius 1 is 1.21 bits per heavy atom. The molecule has 2 bridgehead atoms. The van der Waals surface area contributed by atoms with Crippen molar-refractivity contribution in [3.8, 4) is 11.5 Å². The van der Waals surface area contributed by atoms with Crippen LogP contribution < -0.4 is 0 Å². The minimum Gasteiger partial charge on any atom is -0.132 e. The van der Waals surface area contributed by atoms with Crippen molar-refractivity contribution in [3.05, 3.63) is 12.2 Å². The Hall–Kier alpha value is -0.483. The van der Waals surface area contributed by atoms with Gasteiger partial charge < -0.3 is 0 Å². The first kappa shape index (κ1) is 10.0. The lowest BCUT2D eigenvalue weighted by atomic mass is 9.91. The molecule has 0 aromatic heterocycles. The monoisotopic (exact) mass is 204 g/mol. The number of fused-ring (bicyclic) bond motifs is 2. The van der Waals surface area contributed by atoms with E-state index in [1.54, 1.807) is 0 Å². The Labute approximate surface area is 88.8 Å². The summed E-state index contributed by atoms with van der Waals surface area (Å²) in [6.07, 6.45) is 8.80. The van der Waals surface area contributed by atoms with Crippen molar-refractivity contribution in [2.24, 2.45) is 17.8 Å². The van der Waals surface area contributed by atoms with E-state index in [1.807, 2.05) is 0 Å². The highest BCUT2D eigenvalue weighted by molar-refractivity contribution is 6.83. The zero-order valence-electron chi connectivity index (χ0n) is 9.51. The Balaban J connectivity index is 1.87. The summed E-state index contributed by atoms with van der Waals surface area (Å²) in [6, 6.07) is 0. The molecule has 0 aromatic carbocycles. The van der Waals surface area contributed by atoms with Crippen LogP contribution in [0.1, 0.15) is 19.3 Å². The summed E-state index contributed by atoms with van der Waals surface area (Å²) in [6.45, 7) is 6.96. The van der Waals surface area contributed by atoms with Crippen molar-refractivity contribution < 1.29 is 0 Å². The van der Waals surface area contributed by atoms with Crippen molar-refractivity contribution in [1.82, 2.24) is 0 Å². The standard InChI is InChI=1S/C13H20Si/c1-14(2,3)8-4-5-12-9-11-6-7-13(12)10-11/h6-7,11-13H,5,9-10H2,1-3H3. The van der Waals surface area contributed by atoms with Crippen LogP contribution in [0.3, 0.4) is 0 Å². The molecule has 0 aliphatic heterocycles. The van der Waals surface area contributed by atoms with Gasteiger partial charge in [-0.15, -0.1) is 11.5 Å². The second-order valence-electron chi connectivity index (χ2n) is 5.80. The minimum absolute atomic E-state index is 0.871. The largest absolute Gasteiger partial charge is 0.132 e. The van der Waals surface area contributed by atoms with E-state index in [9.17, 15) is 0 Å². The van der Waals surface area contributed by atoms with E-state index in [2.05, 4.69) is 43.3 Å². The second-order valence-corrected chi connectivity index (χ2v) is 10.5. The summed E-state index contributed by atoms with van der Waals surface area (Å²) in [7, 11) is -1.13. The van der Waals surface area contributed by atoms with E-state index in [1.165, 1.54) is 12.8 Å². The molecular weight excluding hydrogens is 184 g/mol. The van der Waals surface area contributed by atoms with E-state index in [-0.39, 0.29) is 0 Å². The third kappa shape index (κ3) is 2.30. The highest BCUT2D eigenvalue weighted by Crippen LogP contribution is 2.44. The van der Waals surface area contributed by atoms with Gasteiger partial charge in [0.2, 0.25) is 0 Å². The molecule has 0 saturated heterocycles. The van der Waals surface area contributed by atoms with E-state index in [0.29, 0.717) is 0 Å². The van der Waals surface area contributed by atoms with Crippen LogP contribution >= 0.6 is 0 Å². The summed E-state index contributed by atoms with van der Waals surface area (Å²) >= 11 is 0.